The molecule has 2 rings (SSSR count). The fourth-order valence-corrected chi connectivity index (χ4v) is 2.41. The first-order chi connectivity index (χ1) is 9.24. The van der Waals surface area contributed by atoms with E-state index in [1.807, 2.05) is 6.92 Å². The van der Waals surface area contributed by atoms with E-state index in [2.05, 4.69) is 47.5 Å². The maximum Gasteiger partial charge on any atom is 0.119 e. The lowest BCUT2D eigenvalue weighted by atomic mass is 9.89. The molecule has 4 nitrogen and oxygen atoms in total. The minimum atomic E-state index is 0.473. The molecule has 1 heterocycles. The molecule has 0 aliphatic carbocycles. The first kappa shape index (κ1) is 13.6. The van der Waals surface area contributed by atoms with Crippen LogP contribution in [0.4, 0.5) is 0 Å². The monoisotopic (exact) mass is 259 g/mol. The summed E-state index contributed by atoms with van der Waals surface area (Å²) in [5, 5.41) is 10.7. The Hall–Kier alpha value is -1.84. The van der Waals surface area contributed by atoms with Crippen molar-refractivity contribution in [1.29, 1.82) is 0 Å². The summed E-state index contributed by atoms with van der Waals surface area (Å²) in [7, 11) is 0. The van der Waals surface area contributed by atoms with Gasteiger partial charge in [0.05, 0.1) is 18.5 Å². The molecule has 1 aromatic heterocycles. The SMILES string of the molecule is CCOc1ccc(C(CC)Cc2cn[nH]n2)c(C)c1. The van der Waals surface area contributed by atoms with Gasteiger partial charge in [-0.25, -0.2) is 0 Å². The Morgan fingerprint density at radius 1 is 1.32 bits per heavy atom. The molecule has 0 aliphatic heterocycles. The van der Waals surface area contributed by atoms with Crippen LogP contribution in [0.5, 0.6) is 5.75 Å². The molecule has 19 heavy (non-hydrogen) atoms. The van der Waals surface area contributed by atoms with Crippen LogP contribution < -0.4 is 4.74 Å². The van der Waals surface area contributed by atoms with Crippen LogP contribution in [0, 0.1) is 6.92 Å². The largest absolute Gasteiger partial charge is 0.494 e. The van der Waals surface area contributed by atoms with E-state index in [4.69, 9.17) is 4.74 Å². The predicted octanol–water partition coefficient (Wildman–Crippen LogP) is 3.25. The molecule has 4 heteroatoms. The van der Waals surface area contributed by atoms with Crippen LogP contribution in [0.1, 0.15) is 43.0 Å². The van der Waals surface area contributed by atoms with Crippen molar-refractivity contribution in [1.82, 2.24) is 15.4 Å². The number of nitrogens with zero attached hydrogens (tertiary/aromatic N) is 2. The average molecular weight is 259 g/mol. The highest BCUT2D eigenvalue weighted by Gasteiger charge is 2.14. The number of aromatic amines is 1. The quantitative estimate of drug-likeness (QED) is 0.866. The first-order valence-electron chi connectivity index (χ1n) is 6.82. The number of aryl methyl sites for hydroxylation is 1. The lowest BCUT2D eigenvalue weighted by Gasteiger charge is -2.17. The number of aromatic nitrogens is 3. The van der Waals surface area contributed by atoms with Gasteiger partial charge in [-0.2, -0.15) is 15.4 Å². The molecule has 0 saturated carbocycles. The van der Waals surface area contributed by atoms with E-state index < -0.39 is 0 Å². The van der Waals surface area contributed by atoms with Gasteiger partial charge in [0.25, 0.3) is 0 Å². The number of benzene rings is 1. The molecule has 0 spiro atoms. The second-order valence-electron chi connectivity index (χ2n) is 4.72. The number of rotatable bonds is 6. The van der Waals surface area contributed by atoms with E-state index in [0.717, 1.165) is 24.3 Å². The first-order valence-corrected chi connectivity index (χ1v) is 6.82. The lowest BCUT2D eigenvalue weighted by Crippen LogP contribution is -2.05. The minimum absolute atomic E-state index is 0.473. The van der Waals surface area contributed by atoms with E-state index >= 15 is 0 Å². The zero-order valence-corrected chi connectivity index (χ0v) is 11.8. The Labute approximate surface area is 114 Å². The van der Waals surface area contributed by atoms with E-state index in [1.165, 1.54) is 11.1 Å². The van der Waals surface area contributed by atoms with Crippen molar-refractivity contribution in [3.63, 3.8) is 0 Å². The van der Waals surface area contributed by atoms with Gasteiger partial charge in [-0.3, -0.25) is 0 Å². The molecule has 1 unspecified atom stereocenters. The van der Waals surface area contributed by atoms with Crippen molar-refractivity contribution in [3.8, 4) is 5.75 Å². The van der Waals surface area contributed by atoms with E-state index in [-0.39, 0.29) is 0 Å². The molecular formula is C15H21N3O. The van der Waals surface area contributed by atoms with Crippen molar-refractivity contribution >= 4 is 0 Å². The summed E-state index contributed by atoms with van der Waals surface area (Å²) in [6, 6.07) is 6.34. The van der Waals surface area contributed by atoms with Gasteiger partial charge < -0.3 is 4.74 Å². The summed E-state index contributed by atoms with van der Waals surface area (Å²) in [6.07, 6.45) is 3.80. The predicted molar refractivity (Wildman–Crippen MR) is 75.5 cm³/mol. The Bertz CT molecular complexity index is 508. The summed E-state index contributed by atoms with van der Waals surface area (Å²) in [5.41, 5.74) is 3.66. The van der Waals surface area contributed by atoms with Crippen LogP contribution in [0.15, 0.2) is 24.4 Å². The molecule has 1 atom stereocenters. The zero-order valence-electron chi connectivity index (χ0n) is 11.8. The normalized spacial score (nSPS) is 12.4. The van der Waals surface area contributed by atoms with Gasteiger partial charge in [-0.15, -0.1) is 0 Å². The van der Waals surface area contributed by atoms with Gasteiger partial charge in [-0.05, 0) is 55.9 Å². The molecule has 1 N–H and O–H groups in total. The highest BCUT2D eigenvalue weighted by molar-refractivity contribution is 5.37. The summed E-state index contributed by atoms with van der Waals surface area (Å²) >= 11 is 0. The zero-order chi connectivity index (χ0) is 13.7. The Morgan fingerprint density at radius 2 is 2.16 bits per heavy atom. The molecule has 102 valence electrons. The topological polar surface area (TPSA) is 50.8 Å². The van der Waals surface area contributed by atoms with Gasteiger partial charge >= 0.3 is 0 Å². The molecule has 1 aromatic carbocycles. The van der Waals surface area contributed by atoms with Crippen LogP contribution in [-0.2, 0) is 6.42 Å². The molecule has 2 aromatic rings. The second kappa shape index (κ2) is 6.36. The van der Waals surface area contributed by atoms with Crippen LogP contribution in [0.25, 0.3) is 0 Å². The van der Waals surface area contributed by atoms with E-state index in [1.54, 1.807) is 6.20 Å². The smallest absolute Gasteiger partial charge is 0.119 e. The molecular weight excluding hydrogens is 238 g/mol. The van der Waals surface area contributed by atoms with Crippen LogP contribution >= 0.6 is 0 Å². The maximum absolute atomic E-state index is 5.53. The van der Waals surface area contributed by atoms with Gasteiger partial charge in [-0.1, -0.05) is 13.0 Å². The minimum Gasteiger partial charge on any atom is -0.494 e. The second-order valence-corrected chi connectivity index (χ2v) is 4.72. The van der Waals surface area contributed by atoms with Crippen molar-refractivity contribution < 1.29 is 4.74 Å². The van der Waals surface area contributed by atoms with Crippen LogP contribution in [0.2, 0.25) is 0 Å². The number of H-pyrrole nitrogens is 1. The summed E-state index contributed by atoms with van der Waals surface area (Å²) in [4.78, 5) is 0. The van der Waals surface area contributed by atoms with Crippen LogP contribution in [-0.4, -0.2) is 22.0 Å². The maximum atomic E-state index is 5.53. The number of hydrogen-bond donors (Lipinski definition) is 1. The summed E-state index contributed by atoms with van der Waals surface area (Å²) in [6.45, 7) is 7.06. The van der Waals surface area contributed by atoms with Gasteiger partial charge in [0.1, 0.15) is 5.75 Å². The third kappa shape index (κ3) is 3.34. The van der Waals surface area contributed by atoms with Crippen molar-refractivity contribution in [3.05, 3.63) is 41.2 Å². The lowest BCUT2D eigenvalue weighted by molar-refractivity contribution is 0.340. The standard InChI is InChI=1S/C15H21N3O/c1-4-12(9-13-10-16-18-17-13)15-7-6-14(19-5-2)8-11(15)3/h6-8,10,12H,4-5,9H2,1-3H3,(H,16,17,18). The van der Waals surface area contributed by atoms with E-state index in [0.29, 0.717) is 12.5 Å². The Balaban J connectivity index is 2.18. The highest BCUT2D eigenvalue weighted by Crippen LogP contribution is 2.28. The number of ether oxygens (including phenoxy) is 1. The number of hydrogen-bond acceptors (Lipinski definition) is 3. The third-order valence-corrected chi connectivity index (χ3v) is 3.41. The molecule has 0 aliphatic rings. The Kier molecular flexibility index (Phi) is 4.55. The van der Waals surface area contributed by atoms with Crippen LogP contribution in [0.3, 0.4) is 0 Å². The van der Waals surface area contributed by atoms with Gasteiger partial charge in [0.2, 0.25) is 0 Å². The van der Waals surface area contributed by atoms with E-state index in [9.17, 15) is 0 Å². The fraction of sp³-hybridized carbons (Fsp3) is 0.467. The molecule has 0 radical (unpaired) electrons. The van der Waals surface area contributed by atoms with Crippen molar-refractivity contribution in [2.45, 2.75) is 39.5 Å². The average Bonchev–Trinajstić information content (AvgIpc) is 2.90. The molecule has 0 bridgehead atoms. The summed E-state index contributed by atoms with van der Waals surface area (Å²) < 4.78 is 5.53. The highest BCUT2D eigenvalue weighted by atomic mass is 16.5. The Morgan fingerprint density at radius 3 is 2.74 bits per heavy atom. The molecule has 0 fully saturated rings. The van der Waals surface area contributed by atoms with Crippen molar-refractivity contribution in [2.75, 3.05) is 6.61 Å². The fourth-order valence-electron chi connectivity index (χ4n) is 2.41. The van der Waals surface area contributed by atoms with Gasteiger partial charge in [0, 0.05) is 0 Å². The van der Waals surface area contributed by atoms with Gasteiger partial charge in [0.15, 0.2) is 0 Å². The molecule has 0 amide bonds. The summed E-state index contributed by atoms with van der Waals surface area (Å²) in [5.74, 6) is 1.42. The van der Waals surface area contributed by atoms with Crippen molar-refractivity contribution in [2.24, 2.45) is 0 Å². The number of nitrogens with one attached hydrogen (secondary N) is 1. The third-order valence-electron chi connectivity index (χ3n) is 3.41. The molecule has 0 saturated heterocycles.